The molecular formula is C29H34ClN5O7S. The molecule has 6 N–H and O–H groups in total. The molecule has 2 aromatic carbocycles. The lowest BCUT2D eigenvalue weighted by Gasteiger charge is -2.23. The molecule has 0 fully saturated rings. The van der Waals surface area contributed by atoms with E-state index in [2.05, 4.69) is 15.4 Å². The van der Waals surface area contributed by atoms with Gasteiger partial charge in [-0.15, -0.1) is 0 Å². The fourth-order valence-corrected chi connectivity index (χ4v) is 5.89. The topological polar surface area (TPSA) is 195 Å². The summed E-state index contributed by atoms with van der Waals surface area (Å²) in [5, 5.41) is 27.0. The van der Waals surface area contributed by atoms with Crippen LogP contribution in [0.5, 0.6) is 0 Å². The van der Waals surface area contributed by atoms with E-state index in [1.165, 1.54) is 12.3 Å². The van der Waals surface area contributed by atoms with E-state index in [4.69, 9.17) is 17.3 Å². The van der Waals surface area contributed by atoms with Crippen LogP contribution in [-0.4, -0.2) is 43.4 Å². The molecule has 14 heteroatoms. The van der Waals surface area contributed by atoms with E-state index < -0.39 is 52.1 Å². The van der Waals surface area contributed by atoms with Gasteiger partial charge in [0.1, 0.15) is 12.1 Å². The lowest BCUT2D eigenvalue weighted by molar-refractivity contribution is -0.614. The maximum Gasteiger partial charge on any atom is 0.303 e. The number of carbonyl (C=O) groups is 3. The number of aliphatic carboxylic acids is 1. The molecule has 1 unspecified atom stereocenters. The molecule has 1 heterocycles. The second kappa shape index (κ2) is 16.0. The number of aromatic nitrogens is 1. The van der Waals surface area contributed by atoms with Crippen LogP contribution in [0.3, 0.4) is 0 Å². The smallest absolute Gasteiger partial charge is 0.303 e. The summed E-state index contributed by atoms with van der Waals surface area (Å²) < 4.78 is 29.1. The van der Waals surface area contributed by atoms with E-state index in [-0.39, 0.29) is 32.4 Å². The van der Waals surface area contributed by atoms with Gasteiger partial charge in [0.2, 0.25) is 21.8 Å². The lowest BCUT2D eigenvalue weighted by atomic mass is 10.1. The first kappa shape index (κ1) is 33.5. The van der Waals surface area contributed by atoms with E-state index in [0.29, 0.717) is 26.6 Å². The number of nitrogens with two attached hydrogens (primary N) is 1. The first-order valence-corrected chi connectivity index (χ1v) is 15.5. The van der Waals surface area contributed by atoms with Crippen LogP contribution in [0.15, 0.2) is 72.9 Å². The molecule has 0 spiro atoms. The second-order valence-corrected chi connectivity index (χ2v) is 12.0. The highest BCUT2D eigenvalue weighted by atomic mass is 35.5. The Morgan fingerprint density at radius 3 is 2.35 bits per heavy atom. The number of aryl methyl sites for hydroxylation is 1. The number of hydrogen-bond donors (Lipinski definition) is 5. The zero-order valence-corrected chi connectivity index (χ0v) is 24.8. The monoisotopic (exact) mass is 631 g/mol. The molecule has 2 amide bonds. The van der Waals surface area contributed by atoms with E-state index in [1.54, 1.807) is 60.7 Å². The minimum Gasteiger partial charge on any atom is -0.619 e. The summed E-state index contributed by atoms with van der Waals surface area (Å²) >= 11 is 6.07. The molecular weight excluding hydrogens is 598 g/mol. The van der Waals surface area contributed by atoms with Gasteiger partial charge in [0.15, 0.2) is 11.9 Å². The fourth-order valence-electron chi connectivity index (χ4n) is 4.32. The van der Waals surface area contributed by atoms with Crippen molar-refractivity contribution in [1.82, 2.24) is 15.4 Å². The maximum absolute atomic E-state index is 13.5. The zero-order chi connectivity index (χ0) is 31.4. The number of hydrogen-bond acceptors (Lipinski definition) is 7. The number of carboxylic acids is 1. The van der Waals surface area contributed by atoms with Gasteiger partial charge in [-0.25, -0.2) is 13.1 Å². The van der Waals surface area contributed by atoms with Crippen LogP contribution in [0.25, 0.3) is 0 Å². The van der Waals surface area contributed by atoms with E-state index in [0.717, 1.165) is 5.56 Å². The van der Waals surface area contributed by atoms with Gasteiger partial charge in [-0.3, -0.25) is 14.4 Å². The highest BCUT2D eigenvalue weighted by Gasteiger charge is 2.30. The van der Waals surface area contributed by atoms with Crippen LogP contribution in [0.2, 0.25) is 5.02 Å². The van der Waals surface area contributed by atoms with Crippen molar-refractivity contribution < 1.29 is 32.6 Å². The molecule has 43 heavy (non-hydrogen) atoms. The summed E-state index contributed by atoms with van der Waals surface area (Å²) in [6.07, 6.45) is 0.524. The van der Waals surface area contributed by atoms with Crippen LogP contribution in [-0.2, 0) is 49.7 Å². The van der Waals surface area contributed by atoms with Crippen LogP contribution in [0.4, 0.5) is 0 Å². The number of benzene rings is 2. The number of halogens is 1. The number of sulfonamides is 1. The number of pyridine rings is 1. The Labute approximate surface area is 254 Å². The van der Waals surface area contributed by atoms with E-state index in [9.17, 15) is 33.1 Å². The molecule has 3 aromatic rings. The minimum absolute atomic E-state index is 0.00993. The molecule has 0 saturated heterocycles. The van der Waals surface area contributed by atoms with Crippen molar-refractivity contribution in [2.75, 3.05) is 0 Å². The molecule has 0 aliphatic carbocycles. The third-order valence-corrected chi connectivity index (χ3v) is 8.14. The fraction of sp³-hybridized carbons (Fsp3) is 0.310. The van der Waals surface area contributed by atoms with Crippen molar-refractivity contribution in [3.63, 3.8) is 0 Å². The number of amides is 2. The molecule has 230 valence electrons. The third kappa shape index (κ3) is 10.9. The van der Waals surface area contributed by atoms with Gasteiger partial charge in [0, 0.05) is 43.1 Å². The zero-order valence-electron chi connectivity index (χ0n) is 23.2. The average Bonchev–Trinajstić information content (AvgIpc) is 2.97. The first-order chi connectivity index (χ1) is 20.5. The number of carboxylic acid groups (broad SMARTS) is 1. The maximum atomic E-state index is 13.5. The van der Waals surface area contributed by atoms with Crippen LogP contribution < -0.4 is 25.8 Å². The van der Waals surface area contributed by atoms with Gasteiger partial charge >= 0.3 is 5.97 Å². The summed E-state index contributed by atoms with van der Waals surface area (Å²) in [7, 11) is -4.05. The van der Waals surface area contributed by atoms with Crippen molar-refractivity contribution >= 4 is 39.4 Å². The van der Waals surface area contributed by atoms with Gasteiger partial charge in [-0.2, -0.15) is 4.73 Å². The molecule has 2 atom stereocenters. The molecule has 0 bridgehead atoms. The highest BCUT2D eigenvalue weighted by molar-refractivity contribution is 7.88. The van der Waals surface area contributed by atoms with Gasteiger partial charge in [-0.1, -0.05) is 54.1 Å². The van der Waals surface area contributed by atoms with Crippen molar-refractivity contribution in [3.05, 3.63) is 106 Å². The normalized spacial score (nSPS) is 12.7. The van der Waals surface area contributed by atoms with Crippen LogP contribution in [0, 0.1) is 5.21 Å². The summed E-state index contributed by atoms with van der Waals surface area (Å²) in [6.45, 7) is 0.202. The third-order valence-electron chi connectivity index (χ3n) is 6.55. The van der Waals surface area contributed by atoms with Gasteiger partial charge in [0.05, 0.1) is 5.75 Å². The number of nitrogens with one attached hydrogen (secondary N) is 3. The van der Waals surface area contributed by atoms with Crippen LogP contribution in [0.1, 0.15) is 41.6 Å². The Morgan fingerprint density at radius 1 is 0.953 bits per heavy atom. The summed E-state index contributed by atoms with van der Waals surface area (Å²) in [4.78, 5) is 37.9. The van der Waals surface area contributed by atoms with Gasteiger partial charge in [-0.05, 0) is 41.7 Å². The lowest BCUT2D eigenvalue weighted by Crippen LogP contribution is -2.54. The molecule has 0 radical (unpaired) electrons. The van der Waals surface area contributed by atoms with Gasteiger partial charge in [0.25, 0.3) is 0 Å². The summed E-state index contributed by atoms with van der Waals surface area (Å²) in [5.74, 6) is -3.11. The standard InChI is InChI=1S/C29H34ClN5O7S/c30-23-10-9-21(17-31)22(16-23)18-32-28(38)25(13-14-27(36)37)33-29(39)26(12-11-24-8-4-5-15-35(24)40)34-43(41,42)19-20-6-2-1-3-7-20/h1-10,15-16,25-26,34H,11-14,17-19,31H2,(H,32,38)(H,33,39)(H,36,37)/t25?,26-/m0/s1. The Balaban J connectivity index is 1.79. The average molecular weight is 632 g/mol. The number of nitrogens with zero attached hydrogens (tertiary/aromatic N) is 1. The molecule has 0 aliphatic rings. The minimum atomic E-state index is -4.05. The highest BCUT2D eigenvalue weighted by Crippen LogP contribution is 2.16. The van der Waals surface area contributed by atoms with Crippen molar-refractivity contribution in [1.29, 1.82) is 0 Å². The SMILES string of the molecule is NCc1ccc(Cl)cc1CNC(=O)C(CCC(=O)O)NC(=O)[C@H](CCc1cccc[n+]1[O-])NS(=O)(=O)Cc1ccccc1. The molecule has 3 rings (SSSR count). The Morgan fingerprint density at radius 2 is 1.67 bits per heavy atom. The predicted octanol–water partition coefficient (Wildman–Crippen LogP) is 1.52. The van der Waals surface area contributed by atoms with Crippen molar-refractivity contribution in [2.45, 2.75) is 56.6 Å². The Hall–Kier alpha value is -4.04. The molecule has 0 saturated carbocycles. The largest absolute Gasteiger partial charge is 0.619 e. The number of carbonyl (C=O) groups excluding carboxylic acids is 2. The summed E-state index contributed by atoms with van der Waals surface area (Å²) in [6, 6.07) is 15.4. The molecule has 1 aromatic heterocycles. The predicted molar refractivity (Wildman–Crippen MR) is 160 cm³/mol. The van der Waals surface area contributed by atoms with Gasteiger partial charge < -0.3 is 26.7 Å². The van der Waals surface area contributed by atoms with E-state index >= 15 is 0 Å². The Bertz CT molecular complexity index is 1520. The van der Waals surface area contributed by atoms with Crippen LogP contribution >= 0.6 is 11.6 Å². The van der Waals surface area contributed by atoms with Crippen molar-refractivity contribution in [3.8, 4) is 0 Å². The molecule has 0 aliphatic heterocycles. The second-order valence-electron chi connectivity index (χ2n) is 9.80. The first-order valence-electron chi connectivity index (χ1n) is 13.5. The molecule has 12 nitrogen and oxygen atoms in total. The summed E-state index contributed by atoms with van der Waals surface area (Å²) in [5.41, 5.74) is 7.95. The van der Waals surface area contributed by atoms with Crippen molar-refractivity contribution in [2.24, 2.45) is 5.73 Å². The Kier molecular flexibility index (Phi) is 12.4. The van der Waals surface area contributed by atoms with E-state index in [1.807, 2.05) is 0 Å². The quantitative estimate of drug-likeness (QED) is 0.116. The number of rotatable bonds is 16.